The Morgan fingerprint density at radius 3 is 1.60 bits per heavy atom. The molecule has 3 aromatic rings. The summed E-state index contributed by atoms with van der Waals surface area (Å²) in [6, 6.07) is 7.66. The number of aliphatic hydroxyl groups is 12. The second kappa shape index (κ2) is 15.7. The van der Waals surface area contributed by atoms with Gasteiger partial charge >= 0.3 is 0 Å². The van der Waals surface area contributed by atoms with E-state index in [1.807, 2.05) is 0 Å². The van der Waals surface area contributed by atoms with Crippen molar-refractivity contribution in [3.05, 3.63) is 52.2 Å². The summed E-state index contributed by atoms with van der Waals surface area (Å²) in [4.78, 5) is 13.6. The standard InChI is InChI=1S/C33H40O20/c34-7-16-21(38)25(42)28(45)31(50-16)20-15(51-33-30(47)27(44)23(40)18(9-36)53-33)6-14-19(24(20)41)12(37)5-13(49-14)10-1-3-11(4-2-10)48-32-29(46)26(43)22(39)17(8-35)52-32/h1-6,16-18,21-23,25-36,38-47H,7-9H2/t16-,17-,18-,21-,22-,23-,25+,26+,27+,28-,29-,30-,31+,32+,33-/m1/s1. The van der Waals surface area contributed by atoms with Crippen LogP contribution in [0.25, 0.3) is 22.3 Å². The third-order valence-corrected chi connectivity index (χ3v) is 9.50. The largest absolute Gasteiger partial charge is 0.506 e. The van der Waals surface area contributed by atoms with Crippen LogP contribution in [0.2, 0.25) is 0 Å². The van der Waals surface area contributed by atoms with Crippen LogP contribution < -0.4 is 14.9 Å². The first kappa shape index (κ1) is 39.2. The fourth-order valence-electron chi connectivity index (χ4n) is 6.44. The topological polar surface area (TPSA) is 339 Å². The van der Waals surface area contributed by atoms with E-state index >= 15 is 0 Å². The van der Waals surface area contributed by atoms with Crippen molar-refractivity contribution in [1.82, 2.24) is 0 Å². The average molecular weight is 757 g/mol. The predicted molar refractivity (Wildman–Crippen MR) is 171 cm³/mol. The Morgan fingerprint density at radius 2 is 1.08 bits per heavy atom. The van der Waals surface area contributed by atoms with Crippen molar-refractivity contribution in [2.24, 2.45) is 0 Å². The molecule has 0 spiro atoms. The van der Waals surface area contributed by atoms with Crippen LogP contribution in [0, 0.1) is 0 Å². The van der Waals surface area contributed by atoms with Crippen molar-refractivity contribution >= 4 is 11.0 Å². The highest BCUT2D eigenvalue weighted by molar-refractivity contribution is 5.88. The van der Waals surface area contributed by atoms with Crippen LogP contribution in [0.1, 0.15) is 11.7 Å². The summed E-state index contributed by atoms with van der Waals surface area (Å²) in [6.45, 7) is -2.34. The van der Waals surface area contributed by atoms with Gasteiger partial charge in [-0.3, -0.25) is 4.79 Å². The molecule has 0 unspecified atom stereocenters. The van der Waals surface area contributed by atoms with Crippen LogP contribution in [0.15, 0.2) is 45.6 Å². The first-order valence-electron chi connectivity index (χ1n) is 16.4. The van der Waals surface area contributed by atoms with Crippen molar-refractivity contribution in [1.29, 1.82) is 0 Å². The monoisotopic (exact) mass is 756 g/mol. The minimum absolute atomic E-state index is 0.0827. The Hall–Kier alpha value is -3.55. The number of phenols is 1. The van der Waals surface area contributed by atoms with E-state index in [2.05, 4.69) is 0 Å². The summed E-state index contributed by atoms with van der Waals surface area (Å²) in [5.41, 5.74) is -1.45. The van der Waals surface area contributed by atoms with Crippen molar-refractivity contribution < 1.29 is 94.5 Å². The highest BCUT2D eigenvalue weighted by Crippen LogP contribution is 2.46. The van der Waals surface area contributed by atoms with Gasteiger partial charge in [-0.2, -0.15) is 0 Å². The van der Waals surface area contributed by atoms with Crippen LogP contribution in [0.5, 0.6) is 17.2 Å². The van der Waals surface area contributed by atoms with E-state index in [0.717, 1.165) is 12.1 Å². The molecular weight excluding hydrogens is 716 g/mol. The van der Waals surface area contributed by atoms with Crippen LogP contribution >= 0.6 is 0 Å². The van der Waals surface area contributed by atoms with Gasteiger partial charge in [0.05, 0.1) is 25.4 Å². The molecule has 3 saturated heterocycles. The third-order valence-electron chi connectivity index (χ3n) is 9.50. The SMILES string of the molecule is O=c1cc(-c2ccc(O[C@H]3O[C@H](CO)[C@@H](O)[C@H](O)[C@H]3O)cc2)oc2cc(O[C@@H]3O[C@H](CO)[C@@H](O)[C@H](O)[C@H]3O)c([C@@H]3O[C@H](CO)[C@@H](O)[C@H](O)[C@H]3O)c(O)c12. The van der Waals surface area contributed by atoms with Gasteiger partial charge in [0.25, 0.3) is 0 Å². The summed E-state index contributed by atoms with van der Waals surface area (Å²) >= 11 is 0. The third kappa shape index (κ3) is 7.21. The molecule has 0 radical (unpaired) electrons. The summed E-state index contributed by atoms with van der Waals surface area (Å²) in [7, 11) is 0. The molecule has 0 amide bonds. The fraction of sp³-hybridized carbons (Fsp3) is 0.545. The highest BCUT2D eigenvalue weighted by Gasteiger charge is 2.49. The number of rotatable bonds is 9. The fourth-order valence-corrected chi connectivity index (χ4v) is 6.44. The molecule has 6 rings (SSSR count). The van der Waals surface area contributed by atoms with Crippen molar-refractivity contribution in [3.8, 4) is 28.6 Å². The van der Waals surface area contributed by atoms with Crippen LogP contribution in [0.3, 0.4) is 0 Å². The molecule has 3 aliphatic heterocycles. The molecule has 20 nitrogen and oxygen atoms in total. The number of aromatic hydroxyl groups is 1. The number of hydrogen-bond donors (Lipinski definition) is 13. The van der Waals surface area contributed by atoms with E-state index in [1.165, 1.54) is 24.3 Å². The number of phenolic OH excluding ortho intramolecular Hbond substituents is 1. The molecule has 2 aromatic carbocycles. The smallest absolute Gasteiger partial charge is 0.229 e. The Morgan fingerprint density at radius 1 is 0.585 bits per heavy atom. The van der Waals surface area contributed by atoms with E-state index in [4.69, 9.17) is 28.1 Å². The minimum atomic E-state index is -2.00. The number of benzene rings is 2. The first-order valence-corrected chi connectivity index (χ1v) is 16.4. The zero-order chi connectivity index (χ0) is 38.5. The molecule has 53 heavy (non-hydrogen) atoms. The molecule has 15 atom stereocenters. The van der Waals surface area contributed by atoms with Gasteiger partial charge in [0.1, 0.15) is 113 Å². The maximum atomic E-state index is 13.6. The number of ether oxygens (including phenoxy) is 5. The van der Waals surface area contributed by atoms with Crippen LogP contribution in [0.4, 0.5) is 0 Å². The van der Waals surface area contributed by atoms with E-state index in [-0.39, 0.29) is 22.7 Å². The molecule has 3 fully saturated rings. The molecule has 0 saturated carbocycles. The molecule has 3 aliphatic rings. The summed E-state index contributed by atoms with van der Waals surface area (Å²) in [6.07, 6.45) is -25.6. The Balaban J connectivity index is 1.38. The lowest BCUT2D eigenvalue weighted by Crippen LogP contribution is -2.60. The predicted octanol–water partition coefficient (Wildman–Crippen LogP) is -4.96. The summed E-state index contributed by atoms with van der Waals surface area (Å²) in [5.74, 6) is -1.42. The lowest BCUT2D eigenvalue weighted by molar-refractivity contribution is -0.278. The van der Waals surface area contributed by atoms with Gasteiger partial charge in [-0.05, 0) is 24.3 Å². The summed E-state index contributed by atoms with van der Waals surface area (Å²) in [5, 5.41) is 133. The zero-order valence-corrected chi connectivity index (χ0v) is 27.4. The van der Waals surface area contributed by atoms with Gasteiger partial charge in [0.2, 0.25) is 12.6 Å². The van der Waals surface area contributed by atoms with Gasteiger partial charge < -0.3 is 94.5 Å². The van der Waals surface area contributed by atoms with Gasteiger partial charge in [-0.15, -0.1) is 0 Å². The minimum Gasteiger partial charge on any atom is -0.506 e. The summed E-state index contributed by atoms with van der Waals surface area (Å²) < 4.78 is 33.8. The van der Waals surface area contributed by atoms with E-state index < -0.39 is 140 Å². The molecule has 0 aliphatic carbocycles. The lowest BCUT2D eigenvalue weighted by Gasteiger charge is -2.42. The normalized spacial score (nSPS) is 37.8. The van der Waals surface area contributed by atoms with Crippen molar-refractivity contribution in [3.63, 3.8) is 0 Å². The Kier molecular flexibility index (Phi) is 11.6. The zero-order valence-electron chi connectivity index (χ0n) is 27.4. The van der Waals surface area contributed by atoms with Crippen molar-refractivity contribution in [2.45, 2.75) is 91.9 Å². The molecule has 0 bridgehead atoms. The molecule has 4 heterocycles. The average Bonchev–Trinajstić information content (AvgIpc) is 3.15. The Labute approximate surface area is 298 Å². The molecule has 13 N–H and O–H groups in total. The lowest BCUT2D eigenvalue weighted by atomic mass is 9.89. The highest BCUT2D eigenvalue weighted by atomic mass is 16.7. The quantitative estimate of drug-likeness (QED) is 0.0972. The van der Waals surface area contributed by atoms with Gasteiger partial charge in [0, 0.05) is 17.7 Å². The van der Waals surface area contributed by atoms with Gasteiger partial charge in [0.15, 0.2) is 5.43 Å². The first-order chi connectivity index (χ1) is 25.2. The van der Waals surface area contributed by atoms with E-state index in [0.29, 0.717) is 0 Å². The molecule has 20 heteroatoms. The maximum absolute atomic E-state index is 13.6. The number of hydrogen-bond acceptors (Lipinski definition) is 20. The van der Waals surface area contributed by atoms with Gasteiger partial charge in [-0.25, -0.2) is 0 Å². The second-order valence-electron chi connectivity index (χ2n) is 12.9. The van der Waals surface area contributed by atoms with Crippen LogP contribution in [-0.4, -0.2) is 172 Å². The second-order valence-corrected chi connectivity index (χ2v) is 12.9. The van der Waals surface area contributed by atoms with E-state index in [1.54, 1.807) is 0 Å². The number of aliphatic hydroxyl groups excluding tert-OH is 12. The number of fused-ring (bicyclic) bond motifs is 1. The molecule has 292 valence electrons. The van der Waals surface area contributed by atoms with Gasteiger partial charge in [-0.1, -0.05) is 0 Å². The molecular formula is C33H40O20. The van der Waals surface area contributed by atoms with Crippen LogP contribution in [-0.2, 0) is 14.2 Å². The molecule has 1 aromatic heterocycles. The Bertz CT molecular complexity index is 1780. The maximum Gasteiger partial charge on any atom is 0.229 e. The van der Waals surface area contributed by atoms with Crippen molar-refractivity contribution in [2.75, 3.05) is 19.8 Å². The van der Waals surface area contributed by atoms with E-state index in [9.17, 15) is 71.2 Å².